The van der Waals surface area contributed by atoms with Gasteiger partial charge in [-0.1, -0.05) is 60.7 Å². The standard InChI is InChI=1S/C18H19N3O/c1-20-13-12-17(22)21(18(20)16-10-6-3-7-11-16)19-14-15-8-4-2-5-9-15/h2-11,14,18H,12-13H2,1H3. The van der Waals surface area contributed by atoms with Crippen LogP contribution in [0.3, 0.4) is 0 Å². The third kappa shape index (κ3) is 3.07. The monoisotopic (exact) mass is 293 g/mol. The van der Waals surface area contributed by atoms with E-state index in [9.17, 15) is 4.79 Å². The van der Waals surface area contributed by atoms with E-state index in [1.54, 1.807) is 11.2 Å². The predicted molar refractivity (Wildman–Crippen MR) is 87.3 cm³/mol. The van der Waals surface area contributed by atoms with Crippen LogP contribution in [-0.4, -0.2) is 35.6 Å². The van der Waals surface area contributed by atoms with Crippen LogP contribution >= 0.6 is 0 Å². The quantitative estimate of drug-likeness (QED) is 0.816. The molecule has 0 spiro atoms. The summed E-state index contributed by atoms with van der Waals surface area (Å²) in [7, 11) is 2.02. The van der Waals surface area contributed by atoms with Crippen molar-refractivity contribution in [3.63, 3.8) is 0 Å². The summed E-state index contributed by atoms with van der Waals surface area (Å²) in [5, 5.41) is 6.05. The Bertz CT molecular complexity index is 655. The minimum absolute atomic E-state index is 0.0548. The lowest BCUT2D eigenvalue weighted by atomic mass is 10.1. The minimum Gasteiger partial charge on any atom is -0.281 e. The zero-order chi connectivity index (χ0) is 15.4. The number of hydrogen-bond acceptors (Lipinski definition) is 3. The smallest absolute Gasteiger partial charge is 0.245 e. The van der Waals surface area contributed by atoms with Crippen LogP contribution in [0.1, 0.15) is 23.7 Å². The highest BCUT2D eigenvalue weighted by molar-refractivity contribution is 5.83. The molecule has 1 aliphatic heterocycles. The molecule has 0 radical (unpaired) electrons. The van der Waals surface area contributed by atoms with Crippen LogP contribution in [0.15, 0.2) is 65.8 Å². The van der Waals surface area contributed by atoms with Crippen molar-refractivity contribution < 1.29 is 4.79 Å². The van der Waals surface area contributed by atoms with Crippen molar-refractivity contribution in [1.29, 1.82) is 0 Å². The molecule has 0 aliphatic carbocycles. The molecular weight excluding hydrogens is 274 g/mol. The molecule has 1 atom stereocenters. The average molecular weight is 293 g/mol. The second-order valence-corrected chi connectivity index (χ2v) is 5.41. The largest absolute Gasteiger partial charge is 0.281 e. The van der Waals surface area contributed by atoms with Crippen LogP contribution in [0.5, 0.6) is 0 Å². The Kier molecular flexibility index (Phi) is 4.30. The molecule has 4 nitrogen and oxygen atoms in total. The summed E-state index contributed by atoms with van der Waals surface area (Å²) in [5.41, 5.74) is 2.05. The zero-order valence-corrected chi connectivity index (χ0v) is 12.6. The molecule has 1 fully saturated rings. The van der Waals surface area contributed by atoms with Gasteiger partial charge in [0.1, 0.15) is 6.17 Å². The van der Waals surface area contributed by atoms with Crippen molar-refractivity contribution in [3.8, 4) is 0 Å². The van der Waals surface area contributed by atoms with E-state index in [0.717, 1.165) is 17.7 Å². The summed E-state index contributed by atoms with van der Waals surface area (Å²) >= 11 is 0. The minimum atomic E-state index is -0.151. The summed E-state index contributed by atoms with van der Waals surface area (Å²) in [6.45, 7) is 0.746. The maximum atomic E-state index is 12.3. The lowest BCUT2D eigenvalue weighted by Gasteiger charge is -2.39. The van der Waals surface area contributed by atoms with Crippen LogP contribution in [0.4, 0.5) is 0 Å². The van der Waals surface area contributed by atoms with Crippen molar-refractivity contribution in [2.45, 2.75) is 12.6 Å². The molecular formula is C18H19N3O. The molecule has 0 saturated carbocycles. The van der Waals surface area contributed by atoms with Gasteiger partial charge in [-0.25, -0.2) is 5.01 Å². The summed E-state index contributed by atoms with van der Waals surface area (Å²) in [5.74, 6) is 0.0548. The number of hydrazone groups is 1. The van der Waals surface area contributed by atoms with Crippen molar-refractivity contribution in [2.24, 2.45) is 5.10 Å². The fraction of sp³-hybridized carbons (Fsp3) is 0.222. The van der Waals surface area contributed by atoms with Crippen LogP contribution in [0.2, 0.25) is 0 Å². The molecule has 1 aliphatic rings. The first kappa shape index (κ1) is 14.5. The lowest BCUT2D eigenvalue weighted by Crippen LogP contribution is -2.46. The number of benzene rings is 2. The molecule has 3 rings (SSSR count). The highest BCUT2D eigenvalue weighted by atomic mass is 16.2. The summed E-state index contributed by atoms with van der Waals surface area (Å²) < 4.78 is 0. The van der Waals surface area contributed by atoms with Crippen molar-refractivity contribution in [3.05, 3.63) is 71.8 Å². The maximum Gasteiger partial charge on any atom is 0.245 e. The van der Waals surface area contributed by atoms with Crippen LogP contribution in [0, 0.1) is 0 Å². The Morgan fingerprint density at radius 1 is 1.05 bits per heavy atom. The second kappa shape index (κ2) is 6.54. The number of carbonyl (C=O) groups is 1. The summed E-state index contributed by atoms with van der Waals surface area (Å²) in [4.78, 5) is 14.5. The van der Waals surface area contributed by atoms with E-state index < -0.39 is 0 Å². The second-order valence-electron chi connectivity index (χ2n) is 5.41. The zero-order valence-electron chi connectivity index (χ0n) is 12.6. The fourth-order valence-electron chi connectivity index (χ4n) is 2.65. The molecule has 2 aromatic rings. The molecule has 0 aromatic heterocycles. The third-order valence-electron chi connectivity index (χ3n) is 3.81. The van der Waals surface area contributed by atoms with Gasteiger partial charge in [0.25, 0.3) is 0 Å². The Morgan fingerprint density at radius 2 is 1.68 bits per heavy atom. The Morgan fingerprint density at radius 3 is 2.36 bits per heavy atom. The van der Waals surface area contributed by atoms with E-state index in [4.69, 9.17) is 0 Å². The SMILES string of the molecule is CN1CCC(=O)N(N=Cc2ccccc2)C1c1ccccc1. The number of rotatable bonds is 3. The molecule has 112 valence electrons. The first-order valence-corrected chi connectivity index (χ1v) is 7.42. The van der Waals surface area contributed by atoms with Crippen LogP contribution < -0.4 is 0 Å². The molecule has 22 heavy (non-hydrogen) atoms. The third-order valence-corrected chi connectivity index (χ3v) is 3.81. The van der Waals surface area contributed by atoms with Crippen molar-refractivity contribution >= 4 is 12.1 Å². The number of carbonyl (C=O) groups excluding carboxylic acids is 1. The van der Waals surface area contributed by atoms with E-state index >= 15 is 0 Å². The van der Waals surface area contributed by atoms with Crippen molar-refractivity contribution in [2.75, 3.05) is 13.6 Å². The van der Waals surface area contributed by atoms with Gasteiger partial charge in [-0.2, -0.15) is 5.10 Å². The Balaban J connectivity index is 1.90. The van der Waals surface area contributed by atoms with Gasteiger partial charge in [-0.15, -0.1) is 0 Å². The molecule has 1 amide bonds. The predicted octanol–water partition coefficient (Wildman–Crippen LogP) is 2.88. The number of nitrogens with zero attached hydrogens (tertiary/aromatic N) is 3. The lowest BCUT2D eigenvalue weighted by molar-refractivity contribution is -0.143. The molecule has 0 bridgehead atoms. The summed E-state index contributed by atoms with van der Waals surface area (Å²) in [6.07, 6.45) is 2.08. The van der Waals surface area contributed by atoms with E-state index in [2.05, 4.69) is 10.0 Å². The molecule has 1 saturated heterocycles. The van der Waals surface area contributed by atoms with Gasteiger partial charge < -0.3 is 0 Å². The van der Waals surface area contributed by atoms with Gasteiger partial charge in [-0.05, 0) is 18.2 Å². The molecule has 2 aromatic carbocycles. The fourth-order valence-corrected chi connectivity index (χ4v) is 2.65. The van der Waals surface area contributed by atoms with Crippen molar-refractivity contribution in [1.82, 2.24) is 9.91 Å². The number of hydrogen-bond donors (Lipinski definition) is 0. The van der Waals surface area contributed by atoms with Gasteiger partial charge in [-0.3, -0.25) is 9.69 Å². The highest BCUT2D eigenvalue weighted by Crippen LogP contribution is 2.28. The Hall–Kier alpha value is -2.46. The first-order valence-electron chi connectivity index (χ1n) is 7.42. The molecule has 1 heterocycles. The van der Waals surface area contributed by atoms with Gasteiger partial charge in [0.05, 0.1) is 6.21 Å². The maximum absolute atomic E-state index is 12.3. The Labute approximate surface area is 130 Å². The molecule has 0 N–H and O–H groups in total. The molecule has 4 heteroatoms. The average Bonchev–Trinajstić information content (AvgIpc) is 2.57. The van der Waals surface area contributed by atoms with E-state index in [0.29, 0.717) is 6.42 Å². The van der Waals surface area contributed by atoms with Gasteiger partial charge in [0.15, 0.2) is 0 Å². The highest BCUT2D eigenvalue weighted by Gasteiger charge is 2.32. The van der Waals surface area contributed by atoms with Gasteiger partial charge in [0.2, 0.25) is 5.91 Å². The van der Waals surface area contributed by atoms with Crippen LogP contribution in [-0.2, 0) is 4.79 Å². The first-order chi connectivity index (χ1) is 10.8. The number of amides is 1. The van der Waals surface area contributed by atoms with Crippen LogP contribution in [0.25, 0.3) is 0 Å². The van der Waals surface area contributed by atoms with Gasteiger partial charge in [0, 0.05) is 13.0 Å². The van der Waals surface area contributed by atoms with E-state index in [1.165, 1.54) is 0 Å². The summed E-state index contributed by atoms with van der Waals surface area (Å²) in [6, 6.07) is 19.8. The normalized spacial score (nSPS) is 19.8. The van der Waals surface area contributed by atoms with E-state index in [1.807, 2.05) is 67.7 Å². The molecule has 1 unspecified atom stereocenters. The van der Waals surface area contributed by atoms with E-state index in [-0.39, 0.29) is 12.1 Å². The topological polar surface area (TPSA) is 35.9 Å². The van der Waals surface area contributed by atoms with Gasteiger partial charge >= 0.3 is 0 Å².